The van der Waals surface area contributed by atoms with E-state index in [2.05, 4.69) is 34.2 Å². The van der Waals surface area contributed by atoms with E-state index >= 15 is 0 Å². The van der Waals surface area contributed by atoms with Crippen LogP contribution in [0, 0.1) is 0 Å². The van der Waals surface area contributed by atoms with E-state index in [0.717, 1.165) is 25.1 Å². The Morgan fingerprint density at radius 2 is 2.40 bits per heavy atom. The van der Waals surface area contributed by atoms with Crippen molar-refractivity contribution < 1.29 is 4.79 Å². The van der Waals surface area contributed by atoms with Crippen molar-refractivity contribution >= 4 is 11.7 Å². The third-order valence-electron chi connectivity index (χ3n) is 3.75. The lowest BCUT2D eigenvalue weighted by Crippen LogP contribution is -2.38. The van der Waals surface area contributed by atoms with Crippen LogP contribution in [0.1, 0.15) is 12.0 Å². The van der Waals surface area contributed by atoms with Gasteiger partial charge in [0, 0.05) is 37.4 Å². The van der Waals surface area contributed by atoms with E-state index in [-0.39, 0.29) is 5.91 Å². The first kappa shape index (κ1) is 14.7. The quantitative estimate of drug-likeness (QED) is 0.787. The predicted molar refractivity (Wildman–Crippen MR) is 79.0 cm³/mol. The minimum atomic E-state index is 0.0349. The highest BCUT2D eigenvalue weighted by Crippen LogP contribution is 2.12. The predicted octanol–water partition coefficient (Wildman–Crippen LogP) is -0.0841. The summed E-state index contributed by atoms with van der Waals surface area (Å²) < 4.78 is 0. The molecule has 1 amide bonds. The number of rotatable bonds is 5. The van der Waals surface area contributed by atoms with E-state index in [4.69, 9.17) is 5.73 Å². The molecule has 20 heavy (non-hydrogen) atoms. The largest absolute Gasteiger partial charge is 0.383 e. The second-order valence-corrected chi connectivity index (χ2v) is 5.47. The smallest absolute Gasteiger partial charge is 0.234 e. The van der Waals surface area contributed by atoms with Gasteiger partial charge < -0.3 is 16.0 Å². The first-order chi connectivity index (χ1) is 9.56. The molecule has 1 saturated heterocycles. The summed E-state index contributed by atoms with van der Waals surface area (Å²) in [6.07, 6.45) is 2.77. The zero-order valence-electron chi connectivity index (χ0n) is 12.2. The summed E-state index contributed by atoms with van der Waals surface area (Å²) in [5, 5.41) is 2.90. The molecule has 1 fully saturated rings. The van der Waals surface area contributed by atoms with Crippen LogP contribution in [0.25, 0.3) is 0 Å². The van der Waals surface area contributed by atoms with Crippen LogP contribution in [-0.2, 0) is 11.3 Å². The zero-order chi connectivity index (χ0) is 14.5. The molecule has 2 rings (SSSR count). The van der Waals surface area contributed by atoms with E-state index in [0.29, 0.717) is 24.9 Å². The van der Waals surface area contributed by atoms with Crippen LogP contribution in [-0.4, -0.2) is 60.5 Å². The molecule has 0 saturated carbocycles. The lowest BCUT2D eigenvalue weighted by Gasteiger charge is -2.20. The summed E-state index contributed by atoms with van der Waals surface area (Å²) in [6.45, 7) is 2.81. The van der Waals surface area contributed by atoms with E-state index < -0.39 is 0 Å². The topological polar surface area (TPSA) is 74.5 Å². The number of hydrogen-bond acceptors (Lipinski definition) is 5. The van der Waals surface area contributed by atoms with Gasteiger partial charge in [-0.1, -0.05) is 6.07 Å². The number of nitrogen functional groups attached to an aromatic ring is 1. The molecule has 0 spiro atoms. The van der Waals surface area contributed by atoms with Gasteiger partial charge in [-0.2, -0.15) is 0 Å². The molecule has 0 radical (unpaired) electrons. The monoisotopic (exact) mass is 277 g/mol. The van der Waals surface area contributed by atoms with Crippen molar-refractivity contribution in [2.75, 3.05) is 39.5 Å². The first-order valence-corrected chi connectivity index (χ1v) is 6.91. The molecule has 1 aliphatic rings. The van der Waals surface area contributed by atoms with Crippen LogP contribution in [0.2, 0.25) is 0 Å². The third-order valence-corrected chi connectivity index (χ3v) is 3.75. The number of nitrogens with two attached hydrogens (primary N) is 1. The number of amides is 1. The number of nitrogens with zero attached hydrogens (tertiary/aromatic N) is 3. The van der Waals surface area contributed by atoms with Gasteiger partial charge in [-0.15, -0.1) is 0 Å². The number of pyridine rings is 1. The summed E-state index contributed by atoms with van der Waals surface area (Å²) in [5.74, 6) is 0.509. The summed E-state index contributed by atoms with van der Waals surface area (Å²) in [4.78, 5) is 20.3. The molecular weight excluding hydrogens is 254 g/mol. The highest BCUT2D eigenvalue weighted by Gasteiger charge is 2.25. The van der Waals surface area contributed by atoms with Crippen LogP contribution in [0.15, 0.2) is 18.3 Å². The molecule has 110 valence electrons. The van der Waals surface area contributed by atoms with E-state index in [1.807, 2.05) is 12.1 Å². The summed E-state index contributed by atoms with van der Waals surface area (Å²) in [7, 11) is 4.17. The fourth-order valence-corrected chi connectivity index (χ4v) is 2.43. The Morgan fingerprint density at radius 1 is 1.60 bits per heavy atom. The second-order valence-electron chi connectivity index (χ2n) is 5.47. The average Bonchev–Trinajstić information content (AvgIpc) is 2.86. The summed E-state index contributed by atoms with van der Waals surface area (Å²) in [5.41, 5.74) is 6.60. The SMILES string of the molecule is CN(C)C1CCN(CC(=O)NCc2cccnc2N)C1. The Labute approximate surface area is 120 Å². The van der Waals surface area contributed by atoms with Gasteiger partial charge in [0.2, 0.25) is 5.91 Å². The average molecular weight is 277 g/mol. The van der Waals surface area contributed by atoms with Gasteiger partial charge in [-0.3, -0.25) is 9.69 Å². The van der Waals surface area contributed by atoms with Crippen molar-refractivity contribution in [1.82, 2.24) is 20.1 Å². The van der Waals surface area contributed by atoms with Crippen molar-refractivity contribution in [1.29, 1.82) is 0 Å². The van der Waals surface area contributed by atoms with Gasteiger partial charge in [-0.25, -0.2) is 4.98 Å². The maximum Gasteiger partial charge on any atom is 0.234 e. The van der Waals surface area contributed by atoms with Gasteiger partial charge in [-0.05, 0) is 26.6 Å². The van der Waals surface area contributed by atoms with Crippen LogP contribution in [0.3, 0.4) is 0 Å². The van der Waals surface area contributed by atoms with Gasteiger partial charge in [0.1, 0.15) is 5.82 Å². The molecule has 1 aromatic rings. The van der Waals surface area contributed by atoms with Gasteiger partial charge in [0.05, 0.1) is 6.54 Å². The second kappa shape index (κ2) is 6.67. The minimum Gasteiger partial charge on any atom is -0.383 e. The normalized spacial score (nSPS) is 19.4. The van der Waals surface area contributed by atoms with Crippen LogP contribution < -0.4 is 11.1 Å². The van der Waals surface area contributed by atoms with Crippen LogP contribution >= 0.6 is 0 Å². The Morgan fingerprint density at radius 3 is 3.05 bits per heavy atom. The summed E-state index contributed by atoms with van der Waals surface area (Å²) >= 11 is 0. The number of aromatic nitrogens is 1. The van der Waals surface area contributed by atoms with Gasteiger partial charge in [0.15, 0.2) is 0 Å². The highest BCUT2D eigenvalue weighted by atomic mass is 16.2. The molecule has 1 atom stereocenters. The molecule has 1 aliphatic heterocycles. The molecule has 1 aromatic heterocycles. The van der Waals surface area contributed by atoms with Gasteiger partial charge >= 0.3 is 0 Å². The zero-order valence-corrected chi connectivity index (χ0v) is 12.2. The van der Waals surface area contributed by atoms with E-state index in [1.54, 1.807) is 6.20 Å². The van der Waals surface area contributed by atoms with Crippen molar-refractivity contribution in [3.05, 3.63) is 23.9 Å². The molecule has 0 aromatic carbocycles. The number of carbonyl (C=O) groups is 1. The summed E-state index contributed by atoms with van der Waals surface area (Å²) in [6, 6.07) is 4.25. The number of nitrogens with one attached hydrogen (secondary N) is 1. The lowest BCUT2D eigenvalue weighted by molar-refractivity contribution is -0.122. The Kier molecular flexibility index (Phi) is 4.92. The van der Waals surface area contributed by atoms with Crippen LogP contribution in [0.5, 0.6) is 0 Å². The number of anilines is 1. The Balaban J connectivity index is 1.75. The molecule has 6 nitrogen and oxygen atoms in total. The molecule has 0 bridgehead atoms. The van der Waals surface area contributed by atoms with Crippen molar-refractivity contribution in [3.8, 4) is 0 Å². The highest BCUT2D eigenvalue weighted by molar-refractivity contribution is 5.78. The maximum atomic E-state index is 11.9. The number of likely N-dealkylation sites (N-methyl/N-ethyl adjacent to an activating group) is 1. The fraction of sp³-hybridized carbons (Fsp3) is 0.571. The molecule has 6 heteroatoms. The van der Waals surface area contributed by atoms with Crippen molar-refractivity contribution in [2.24, 2.45) is 0 Å². The molecule has 3 N–H and O–H groups in total. The molecule has 0 aliphatic carbocycles. The lowest BCUT2D eigenvalue weighted by atomic mass is 10.2. The number of likely N-dealkylation sites (tertiary alicyclic amines) is 1. The fourth-order valence-electron chi connectivity index (χ4n) is 2.43. The molecule has 2 heterocycles. The third kappa shape index (κ3) is 3.91. The van der Waals surface area contributed by atoms with Crippen molar-refractivity contribution in [2.45, 2.75) is 19.0 Å². The Hall–Kier alpha value is -1.66. The van der Waals surface area contributed by atoms with E-state index in [9.17, 15) is 4.79 Å². The van der Waals surface area contributed by atoms with Crippen molar-refractivity contribution in [3.63, 3.8) is 0 Å². The van der Waals surface area contributed by atoms with Crippen LogP contribution in [0.4, 0.5) is 5.82 Å². The number of carbonyl (C=O) groups excluding carboxylic acids is 1. The van der Waals surface area contributed by atoms with Gasteiger partial charge in [0.25, 0.3) is 0 Å². The van der Waals surface area contributed by atoms with E-state index in [1.165, 1.54) is 0 Å². The molecular formula is C14H23N5O. The maximum absolute atomic E-state index is 11.9. The Bertz CT molecular complexity index is 463. The standard InChI is InChI=1S/C14H23N5O/c1-18(2)12-5-7-19(9-12)10-13(20)17-8-11-4-3-6-16-14(11)15/h3-4,6,12H,5,7-10H2,1-2H3,(H2,15,16)(H,17,20). The minimum absolute atomic E-state index is 0.0349. The molecule has 1 unspecified atom stereocenters. The first-order valence-electron chi connectivity index (χ1n) is 6.91. The number of hydrogen-bond donors (Lipinski definition) is 2.